The Balaban J connectivity index is 1.06. The van der Waals surface area contributed by atoms with Crippen molar-refractivity contribution in [2.45, 2.75) is 11.8 Å². The summed E-state index contributed by atoms with van der Waals surface area (Å²) >= 11 is 0. The zero-order chi connectivity index (χ0) is 35.6. The second-order valence-corrected chi connectivity index (χ2v) is 14.3. The topological polar surface area (TPSA) is 37.6 Å². The van der Waals surface area contributed by atoms with Crippen LogP contribution in [0.4, 0.5) is 11.4 Å². The molecular formula is C51H33N3. The predicted molar refractivity (Wildman–Crippen MR) is 220 cm³/mol. The lowest BCUT2D eigenvalue weighted by Gasteiger charge is -2.19. The molecule has 2 unspecified atom stereocenters. The number of hydrogen-bond donors (Lipinski definition) is 0. The van der Waals surface area contributed by atoms with Crippen LogP contribution in [0.2, 0.25) is 0 Å². The van der Waals surface area contributed by atoms with Gasteiger partial charge in [-0.05, 0) is 86.0 Å². The van der Waals surface area contributed by atoms with Crippen LogP contribution in [0.1, 0.15) is 67.6 Å². The first-order valence-corrected chi connectivity index (χ1v) is 18.6. The van der Waals surface area contributed by atoms with Gasteiger partial charge in [-0.1, -0.05) is 152 Å². The Bertz CT molecular complexity index is 2640. The second-order valence-electron chi connectivity index (χ2n) is 14.3. The summed E-state index contributed by atoms with van der Waals surface area (Å²) in [7, 11) is 0. The van der Waals surface area contributed by atoms with E-state index in [2.05, 4.69) is 176 Å². The number of aromatic nitrogens is 1. The highest BCUT2D eigenvalue weighted by Crippen LogP contribution is 2.50. The number of aliphatic imine (C=N–C) groups is 2. The number of pyridine rings is 1. The fraction of sp³-hybridized carbons (Fsp3) is 0.0392. The maximum absolute atomic E-state index is 5.48. The van der Waals surface area contributed by atoms with E-state index in [-0.39, 0.29) is 11.8 Å². The van der Waals surface area contributed by atoms with E-state index in [0.717, 1.165) is 45.2 Å². The first-order valence-electron chi connectivity index (χ1n) is 18.6. The molecule has 3 heteroatoms. The summed E-state index contributed by atoms with van der Waals surface area (Å²) in [5, 5.41) is 0. The molecule has 0 amide bonds. The van der Waals surface area contributed by atoms with Gasteiger partial charge in [0.2, 0.25) is 0 Å². The van der Waals surface area contributed by atoms with Gasteiger partial charge in [-0.3, -0.25) is 4.98 Å². The molecule has 0 fully saturated rings. The van der Waals surface area contributed by atoms with Crippen LogP contribution < -0.4 is 0 Å². The molecule has 54 heavy (non-hydrogen) atoms. The van der Waals surface area contributed by atoms with Crippen molar-refractivity contribution in [1.82, 2.24) is 4.98 Å². The third-order valence-electron chi connectivity index (χ3n) is 11.3. The molecule has 0 saturated carbocycles. The lowest BCUT2D eigenvalue weighted by molar-refractivity contribution is 1.01. The first-order chi connectivity index (χ1) is 26.8. The van der Waals surface area contributed by atoms with Crippen LogP contribution in [0.5, 0.6) is 0 Å². The number of benzene rings is 7. The van der Waals surface area contributed by atoms with Crippen molar-refractivity contribution >= 4 is 22.8 Å². The quantitative estimate of drug-likeness (QED) is 0.181. The van der Waals surface area contributed by atoms with Gasteiger partial charge in [0.25, 0.3) is 0 Å². The first kappa shape index (κ1) is 30.6. The van der Waals surface area contributed by atoms with E-state index < -0.39 is 0 Å². The van der Waals surface area contributed by atoms with Gasteiger partial charge in [-0.2, -0.15) is 0 Å². The smallest absolute Gasteiger partial charge is 0.115 e. The van der Waals surface area contributed by atoms with E-state index in [1.807, 2.05) is 12.3 Å². The maximum atomic E-state index is 5.48. The lowest BCUT2D eigenvalue weighted by Crippen LogP contribution is -2.12. The number of para-hydroxylation sites is 1. The Labute approximate surface area is 314 Å². The number of rotatable bonds is 4. The molecule has 1 aliphatic heterocycles. The van der Waals surface area contributed by atoms with Crippen molar-refractivity contribution in [3.8, 4) is 22.3 Å². The lowest BCUT2D eigenvalue weighted by atomic mass is 9.88. The fourth-order valence-electron chi connectivity index (χ4n) is 8.93. The minimum Gasteiger partial charge on any atom is -0.252 e. The van der Waals surface area contributed by atoms with Crippen LogP contribution in [-0.2, 0) is 0 Å². The van der Waals surface area contributed by atoms with Crippen LogP contribution in [0.3, 0.4) is 0 Å². The number of nitrogens with zero attached hydrogens (tertiary/aromatic N) is 3. The zero-order valence-electron chi connectivity index (χ0n) is 29.4. The van der Waals surface area contributed by atoms with Gasteiger partial charge < -0.3 is 0 Å². The molecule has 3 aliphatic rings. The standard InChI is InChI=1S/C51H33N3/c1-3-14-32(15-4-1)47-38-20-9-7-18-36(38)43-30-34(25-27-40(43)47)49-42-22-11-12-23-45(42)53-50(51-46(54-49)24-13-29-52-51)35-26-28-41-44(31-35)37-19-8-10-21-39(37)48(41)33-16-5-2-6-17-33/h1-31,47-48H/b49-42?,51-50?,53-45?,53-50-,54-46?,54-49-. The van der Waals surface area contributed by atoms with Gasteiger partial charge in [0.05, 0.1) is 22.8 Å². The van der Waals surface area contributed by atoms with E-state index in [0.29, 0.717) is 0 Å². The van der Waals surface area contributed by atoms with Gasteiger partial charge >= 0.3 is 0 Å². The average Bonchev–Trinajstić information content (AvgIpc) is 3.74. The molecule has 2 heterocycles. The van der Waals surface area contributed by atoms with Crippen LogP contribution >= 0.6 is 0 Å². The van der Waals surface area contributed by atoms with Gasteiger partial charge in [0, 0.05) is 34.7 Å². The summed E-state index contributed by atoms with van der Waals surface area (Å²) in [6, 6.07) is 65.4. The highest BCUT2D eigenvalue weighted by atomic mass is 14.9. The monoisotopic (exact) mass is 687 g/mol. The van der Waals surface area contributed by atoms with Crippen LogP contribution in [0.15, 0.2) is 198 Å². The summed E-state index contributed by atoms with van der Waals surface area (Å²) in [5.41, 5.74) is 20.2. The van der Waals surface area contributed by atoms with E-state index in [1.54, 1.807) is 0 Å². The molecule has 0 saturated heterocycles. The van der Waals surface area contributed by atoms with Crippen molar-refractivity contribution in [1.29, 1.82) is 0 Å². The van der Waals surface area contributed by atoms with Crippen molar-refractivity contribution in [2.75, 3.05) is 0 Å². The Morgan fingerprint density at radius 3 is 1.41 bits per heavy atom. The molecule has 8 aromatic rings. The Morgan fingerprint density at radius 1 is 0.333 bits per heavy atom. The van der Waals surface area contributed by atoms with Crippen molar-refractivity contribution < 1.29 is 0 Å². The summed E-state index contributed by atoms with van der Waals surface area (Å²) in [6.45, 7) is 0. The van der Waals surface area contributed by atoms with Crippen molar-refractivity contribution in [3.05, 3.63) is 244 Å². The van der Waals surface area contributed by atoms with E-state index in [9.17, 15) is 0 Å². The zero-order valence-corrected chi connectivity index (χ0v) is 29.4. The van der Waals surface area contributed by atoms with Crippen molar-refractivity contribution in [3.63, 3.8) is 0 Å². The molecule has 11 rings (SSSR count). The predicted octanol–water partition coefficient (Wildman–Crippen LogP) is 12.1. The Morgan fingerprint density at radius 2 is 0.796 bits per heavy atom. The molecule has 2 atom stereocenters. The Hall–Kier alpha value is -6.97. The molecule has 0 radical (unpaired) electrons. The fourth-order valence-corrected chi connectivity index (χ4v) is 8.93. The summed E-state index contributed by atoms with van der Waals surface area (Å²) in [6.07, 6.45) is 1.85. The average molecular weight is 688 g/mol. The minimum atomic E-state index is 0.186. The van der Waals surface area contributed by atoms with Crippen LogP contribution in [0, 0.1) is 0 Å². The minimum absolute atomic E-state index is 0.186. The summed E-state index contributed by atoms with van der Waals surface area (Å²) < 4.78 is 0. The van der Waals surface area contributed by atoms with E-state index in [1.165, 1.54) is 55.6 Å². The molecule has 2 aliphatic carbocycles. The highest BCUT2D eigenvalue weighted by Gasteiger charge is 2.32. The van der Waals surface area contributed by atoms with Gasteiger partial charge in [0.1, 0.15) is 5.69 Å². The second kappa shape index (κ2) is 12.3. The van der Waals surface area contributed by atoms with E-state index >= 15 is 0 Å². The van der Waals surface area contributed by atoms with Crippen LogP contribution in [0.25, 0.3) is 22.3 Å². The summed E-state index contributed by atoms with van der Waals surface area (Å²) in [5.74, 6) is 0.378. The van der Waals surface area contributed by atoms with Gasteiger partial charge in [-0.25, -0.2) is 9.98 Å². The maximum Gasteiger partial charge on any atom is 0.115 e. The van der Waals surface area contributed by atoms with Crippen LogP contribution in [-0.4, -0.2) is 16.4 Å². The largest absolute Gasteiger partial charge is 0.252 e. The number of fused-ring (bicyclic) bond motifs is 8. The molecule has 0 N–H and O–H groups in total. The summed E-state index contributed by atoms with van der Waals surface area (Å²) in [4.78, 5) is 15.9. The number of hydrogen-bond acceptors (Lipinski definition) is 3. The molecule has 1 aromatic heterocycles. The SMILES string of the molecule is c1ccc(C2c3ccccc3-c3cc(/C4=N/c5cccnc5/C(c5ccc6c(c5)-c5ccccc5C6c5ccccc5)=N\c5ccccc54)ccc32)cc1. The molecule has 7 aromatic carbocycles. The van der Waals surface area contributed by atoms with E-state index in [4.69, 9.17) is 15.0 Å². The van der Waals surface area contributed by atoms with Crippen molar-refractivity contribution in [2.24, 2.45) is 9.98 Å². The molecule has 0 spiro atoms. The van der Waals surface area contributed by atoms with Gasteiger partial charge in [0.15, 0.2) is 0 Å². The molecular weight excluding hydrogens is 655 g/mol. The highest BCUT2D eigenvalue weighted by molar-refractivity contribution is 6.22. The molecule has 3 nitrogen and oxygen atoms in total. The molecule has 252 valence electrons. The Kier molecular flexibility index (Phi) is 6.99. The molecule has 0 bridgehead atoms. The third-order valence-corrected chi connectivity index (χ3v) is 11.3. The normalized spacial score (nSPS) is 17.9. The third kappa shape index (κ3) is 4.79. The van der Waals surface area contributed by atoms with Gasteiger partial charge in [-0.15, -0.1) is 0 Å².